The first-order chi connectivity index (χ1) is 8.42. The van der Waals surface area contributed by atoms with E-state index in [1.54, 1.807) is 0 Å². The molecule has 0 bridgehead atoms. The number of carboxylic acid groups (broad SMARTS) is 1. The number of methoxy groups -OCH3 is 2. The van der Waals surface area contributed by atoms with Crippen LogP contribution in [0.4, 0.5) is 4.39 Å². The summed E-state index contributed by atoms with van der Waals surface area (Å²) in [7, 11) is 2.52. The minimum atomic E-state index is -1.10. The first-order valence-electron chi connectivity index (χ1n) is 4.99. The van der Waals surface area contributed by atoms with E-state index < -0.39 is 17.8 Å². The Balaban J connectivity index is 3.31. The highest BCUT2D eigenvalue weighted by molar-refractivity contribution is 6.32. The molecule has 18 heavy (non-hydrogen) atoms. The Bertz CT molecular complexity index is 467. The normalized spacial score (nSPS) is 12.1. The molecule has 1 aromatic carbocycles. The van der Waals surface area contributed by atoms with Gasteiger partial charge in [-0.3, -0.25) is 4.79 Å². The van der Waals surface area contributed by atoms with Crippen molar-refractivity contribution in [3.63, 3.8) is 0 Å². The van der Waals surface area contributed by atoms with E-state index in [1.165, 1.54) is 20.3 Å². The lowest BCUT2D eigenvalue weighted by Gasteiger charge is -2.17. The molecule has 7 heteroatoms. The average Bonchev–Trinajstić information content (AvgIpc) is 2.28. The molecule has 1 aromatic rings. The predicted molar refractivity (Wildman–Crippen MR) is 63.7 cm³/mol. The Kier molecular flexibility index (Phi) is 4.75. The van der Waals surface area contributed by atoms with E-state index in [-0.39, 0.29) is 28.5 Å². The molecule has 0 aromatic heterocycles. The van der Waals surface area contributed by atoms with Crippen LogP contribution in [-0.2, 0) is 4.79 Å². The molecule has 0 saturated heterocycles. The van der Waals surface area contributed by atoms with Gasteiger partial charge in [0.2, 0.25) is 5.82 Å². The third-order valence-corrected chi connectivity index (χ3v) is 2.64. The molecule has 0 aliphatic carbocycles. The van der Waals surface area contributed by atoms with E-state index in [2.05, 4.69) is 0 Å². The lowest BCUT2D eigenvalue weighted by Crippen LogP contribution is -2.16. The third kappa shape index (κ3) is 2.83. The van der Waals surface area contributed by atoms with Crippen molar-refractivity contribution in [2.24, 2.45) is 5.73 Å². The minimum Gasteiger partial charge on any atom is -0.493 e. The van der Waals surface area contributed by atoms with E-state index in [4.69, 9.17) is 31.9 Å². The highest BCUT2D eigenvalue weighted by Crippen LogP contribution is 2.39. The molecule has 0 radical (unpaired) electrons. The summed E-state index contributed by atoms with van der Waals surface area (Å²) >= 11 is 5.82. The average molecular weight is 278 g/mol. The molecule has 1 atom stereocenters. The molecule has 0 aliphatic heterocycles. The molecular weight excluding hydrogens is 265 g/mol. The molecule has 5 nitrogen and oxygen atoms in total. The first kappa shape index (κ1) is 14.5. The largest absolute Gasteiger partial charge is 0.493 e. The quantitative estimate of drug-likeness (QED) is 0.860. The summed E-state index contributed by atoms with van der Waals surface area (Å²) in [5.41, 5.74) is 5.86. The zero-order chi connectivity index (χ0) is 13.9. The second-order valence-electron chi connectivity index (χ2n) is 3.53. The van der Waals surface area contributed by atoms with E-state index in [9.17, 15) is 9.18 Å². The molecule has 0 heterocycles. The van der Waals surface area contributed by atoms with Crippen molar-refractivity contribution in [2.75, 3.05) is 14.2 Å². The van der Waals surface area contributed by atoms with Crippen LogP contribution in [0.1, 0.15) is 18.0 Å². The van der Waals surface area contributed by atoms with Gasteiger partial charge in [0.05, 0.1) is 25.7 Å². The molecule has 0 saturated carbocycles. The second kappa shape index (κ2) is 5.88. The summed E-state index contributed by atoms with van der Waals surface area (Å²) in [6.07, 6.45) is -0.363. The van der Waals surface area contributed by atoms with Gasteiger partial charge in [-0.1, -0.05) is 11.6 Å². The molecule has 0 amide bonds. The van der Waals surface area contributed by atoms with Crippen molar-refractivity contribution in [1.82, 2.24) is 0 Å². The maximum Gasteiger partial charge on any atom is 0.305 e. The second-order valence-corrected chi connectivity index (χ2v) is 3.94. The Labute approximate surface area is 108 Å². The van der Waals surface area contributed by atoms with Crippen LogP contribution in [0.15, 0.2) is 6.07 Å². The summed E-state index contributed by atoms with van der Waals surface area (Å²) in [5.74, 6) is -2.23. The third-order valence-electron chi connectivity index (χ3n) is 2.36. The summed E-state index contributed by atoms with van der Waals surface area (Å²) < 4.78 is 23.6. The van der Waals surface area contributed by atoms with E-state index in [0.29, 0.717) is 0 Å². The van der Waals surface area contributed by atoms with Gasteiger partial charge >= 0.3 is 5.97 Å². The fourth-order valence-corrected chi connectivity index (χ4v) is 1.85. The lowest BCUT2D eigenvalue weighted by molar-refractivity contribution is -0.137. The monoisotopic (exact) mass is 277 g/mol. The van der Waals surface area contributed by atoms with Crippen LogP contribution in [0.3, 0.4) is 0 Å². The molecule has 100 valence electrons. The first-order valence-corrected chi connectivity index (χ1v) is 5.37. The minimum absolute atomic E-state index is 0.00615. The number of benzene rings is 1. The molecule has 0 spiro atoms. The van der Waals surface area contributed by atoms with Crippen molar-refractivity contribution >= 4 is 17.6 Å². The predicted octanol–water partition coefficient (Wildman–Crippen LogP) is 1.97. The molecule has 3 N–H and O–H groups in total. The van der Waals surface area contributed by atoms with Gasteiger partial charge in [-0.05, 0) is 6.07 Å². The maximum absolute atomic E-state index is 14.0. The van der Waals surface area contributed by atoms with Crippen LogP contribution in [0.5, 0.6) is 11.5 Å². The van der Waals surface area contributed by atoms with Gasteiger partial charge in [0.15, 0.2) is 11.5 Å². The Morgan fingerprint density at radius 2 is 2.06 bits per heavy atom. The molecular formula is C11H13ClFNO4. The molecule has 0 aliphatic rings. The molecule has 0 fully saturated rings. The lowest BCUT2D eigenvalue weighted by atomic mass is 10.0. The van der Waals surface area contributed by atoms with Crippen molar-refractivity contribution in [2.45, 2.75) is 12.5 Å². The summed E-state index contributed by atoms with van der Waals surface area (Å²) in [5, 5.41) is 8.68. The van der Waals surface area contributed by atoms with Crippen LogP contribution in [-0.4, -0.2) is 25.3 Å². The number of halogens is 2. The Hall–Kier alpha value is -1.53. The van der Waals surface area contributed by atoms with Crippen molar-refractivity contribution in [1.29, 1.82) is 0 Å². The van der Waals surface area contributed by atoms with Gasteiger partial charge in [0.1, 0.15) is 0 Å². The van der Waals surface area contributed by atoms with Gasteiger partial charge in [0, 0.05) is 11.6 Å². The number of aliphatic carboxylic acids is 1. The summed E-state index contributed by atoms with van der Waals surface area (Å²) in [6.45, 7) is 0. The molecule has 1 rings (SSSR count). The van der Waals surface area contributed by atoms with Gasteiger partial charge in [-0.15, -0.1) is 0 Å². The fraction of sp³-hybridized carbons (Fsp3) is 0.364. The van der Waals surface area contributed by atoms with Gasteiger partial charge < -0.3 is 20.3 Å². The Morgan fingerprint density at radius 3 is 2.50 bits per heavy atom. The number of ether oxygens (including phenoxy) is 2. The summed E-state index contributed by atoms with van der Waals surface area (Å²) in [4.78, 5) is 10.6. The zero-order valence-corrected chi connectivity index (χ0v) is 10.6. The standard InChI is InChI=1S/C11H13ClFNO4/c1-17-10-5(7(14)4-8(15)16)3-6(12)11(18-2)9(10)13/h3,7H,4,14H2,1-2H3,(H,15,16). The van der Waals surface area contributed by atoms with Crippen LogP contribution in [0.2, 0.25) is 5.02 Å². The van der Waals surface area contributed by atoms with Crippen LogP contribution in [0.25, 0.3) is 0 Å². The maximum atomic E-state index is 14.0. The number of hydrogen-bond acceptors (Lipinski definition) is 4. The fourth-order valence-electron chi connectivity index (χ4n) is 1.57. The van der Waals surface area contributed by atoms with Crippen molar-refractivity contribution in [3.8, 4) is 11.5 Å². The topological polar surface area (TPSA) is 81.8 Å². The number of carboxylic acids is 1. The SMILES string of the molecule is COc1c(Cl)cc(C(N)CC(=O)O)c(OC)c1F. The summed E-state index contributed by atoms with van der Waals surface area (Å²) in [6, 6.07) is 0.422. The highest BCUT2D eigenvalue weighted by atomic mass is 35.5. The zero-order valence-electron chi connectivity index (χ0n) is 9.87. The Morgan fingerprint density at radius 1 is 1.50 bits per heavy atom. The van der Waals surface area contributed by atoms with Gasteiger partial charge in [-0.25, -0.2) is 0 Å². The number of carbonyl (C=O) groups is 1. The van der Waals surface area contributed by atoms with E-state index in [1.807, 2.05) is 0 Å². The van der Waals surface area contributed by atoms with E-state index in [0.717, 1.165) is 0 Å². The number of rotatable bonds is 5. The van der Waals surface area contributed by atoms with Gasteiger partial charge in [0.25, 0.3) is 0 Å². The van der Waals surface area contributed by atoms with Crippen LogP contribution >= 0.6 is 11.6 Å². The van der Waals surface area contributed by atoms with Gasteiger partial charge in [-0.2, -0.15) is 4.39 Å². The number of hydrogen-bond donors (Lipinski definition) is 2. The molecule has 1 unspecified atom stereocenters. The number of nitrogens with two attached hydrogens (primary N) is 1. The highest BCUT2D eigenvalue weighted by Gasteiger charge is 2.23. The smallest absolute Gasteiger partial charge is 0.305 e. The van der Waals surface area contributed by atoms with Crippen LogP contribution in [0, 0.1) is 5.82 Å². The van der Waals surface area contributed by atoms with Crippen molar-refractivity contribution in [3.05, 3.63) is 22.5 Å². The van der Waals surface area contributed by atoms with E-state index >= 15 is 0 Å². The van der Waals surface area contributed by atoms with Crippen LogP contribution < -0.4 is 15.2 Å². The van der Waals surface area contributed by atoms with Crippen molar-refractivity contribution < 1.29 is 23.8 Å².